The van der Waals surface area contributed by atoms with Crippen molar-refractivity contribution in [2.45, 2.75) is 25.8 Å². The van der Waals surface area contributed by atoms with Crippen LogP contribution in [0.3, 0.4) is 0 Å². The van der Waals surface area contributed by atoms with Gasteiger partial charge in [-0.25, -0.2) is 0 Å². The zero-order chi connectivity index (χ0) is 16.4. The van der Waals surface area contributed by atoms with E-state index in [-0.39, 0.29) is 12.5 Å². The molecule has 0 atom stereocenters. The highest BCUT2D eigenvalue weighted by Crippen LogP contribution is 2.38. The van der Waals surface area contributed by atoms with Gasteiger partial charge in [0.1, 0.15) is 11.1 Å². The highest BCUT2D eigenvalue weighted by molar-refractivity contribution is 7.17. The zero-order valence-electron chi connectivity index (χ0n) is 12.7. The lowest BCUT2D eigenvalue weighted by atomic mass is 10.1. The standard InChI is InChI=1S/C16H16ClN3OS2/c1-20(8-10-5-6-14(17)22-10)9-15(21)19-16-12(7-18)11-3-2-4-13(11)23-16/h5-6H,2-4,8-9H2,1H3,(H,19,21). The Morgan fingerprint density at radius 1 is 1.43 bits per heavy atom. The van der Waals surface area contributed by atoms with Crippen molar-refractivity contribution in [1.82, 2.24) is 4.90 Å². The largest absolute Gasteiger partial charge is 0.315 e. The van der Waals surface area contributed by atoms with Crippen LogP contribution in [0.5, 0.6) is 0 Å². The molecule has 120 valence electrons. The molecule has 1 N–H and O–H groups in total. The van der Waals surface area contributed by atoms with Crippen molar-refractivity contribution in [3.05, 3.63) is 37.4 Å². The summed E-state index contributed by atoms with van der Waals surface area (Å²) in [5, 5.41) is 13.0. The van der Waals surface area contributed by atoms with Gasteiger partial charge in [-0.3, -0.25) is 9.69 Å². The number of halogens is 1. The maximum atomic E-state index is 12.2. The second kappa shape index (κ2) is 7.02. The number of anilines is 1. The minimum atomic E-state index is -0.0911. The lowest BCUT2D eigenvalue weighted by Crippen LogP contribution is -2.29. The molecular formula is C16H16ClN3OS2. The molecule has 0 unspecified atom stereocenters. The quantitative estimate of drug-likeness (QED) is 0.874. The second-order valence-corrected chi connectivity index (χ2v) is 8.50. The highest BCUT2D eigenvalue weighted by Gasteiger charge is 2.23. The van der Waals surface area contributed by atoms with Gasteiger partial charge in [0.05, 0.1) is 16.4 Å². The first-order valence-corrected chi connectivity index (χ1v) is 9.35. The zero-order valence-corrected chi connectivity index (χ0v) is 15.1. The molecule has 1 aliphatic rings. The monoisotopic (exact) mass is 365 g/mol. The van der Waals surface area contributed by atoms with Gasteiger partial charge in [-0.2, -0.15) is 5.26 Å². The van der Waals surface area contributed by atoms with Crippen LogP contribution in [0.25, 0.3) is 0 Å². The summed E-state index contributed by atoms with van der Waals surface area (Å²) in [4.78, 5) is 16.5. The molecule has 2 aromatic rings. The Hall–Kier alpha value is -1.39. The maximum Gasteiger partial charge on any atom is 0.239 e. The molecule has 0 aliphatic heterocycles. The van der Waals surface area contributed by atoms with E-state index in [1.54, 1.807) is 11.3 Å². The third kappa shape index (κ3) is 3.75. The van der Waals surface area contributed by atoms with Crippen LogP contribution in [-0.4, -0.2) is 24.4 Å². The summed E-state index contributed by atoms with van der Waals surface area (Å²) < 4.78 is 0.754. The Bertz CT molecular complexity index is 775. The number of hydrogen-bond acceptors (Lipinski definition) is 5. The summed E-state index contributed by atoms with van der Waals surface area (Å²) in [5.74, 6) is -0.0911. The Morgan fingerprint density at radius 3 is 2.96 bits per heavy atom. The maximum absolute atomic E-state index is 12.2. The SMILES string of the molecule is CN(CC(=O)Nc1sc2c(c1C#N)CCC2)Cc1ccc(Cl)s1. The van der Waals surface area contributed by atoms with Crippen LogP contribution in [0.2, 0.25) is 4.34 Å². The molecule has 0 saturated heterocycles. The van der Waals surface area contributed by atoms with Crippen molar-refractivity contribution in [1.29, 1.82) is 5.26 Å². The van der Waals surface area contributed by atoms with Gasteiger partial charge in [-0.05, 0) is 44.0 Å². The first-order valence-electron chi connectivity index (χ1n) is 7.34. The van der Waals surface area contributed by atoms with Gasteiger partial charge in [0.25, 0.3) is 0 Å². The number of nitrogens with zero attached hydrogens (tertiary/aromatic N) is 2. The van der Waals surface area contributed by atoms with E-state index in [4.69, 9.17) is 11.6 Å². The van der Waals surface area contributed by atoms with Crippen molar-refractivity contribution in [3.63, 3.8) is 0 Å². The molecule has 2 aromatic heterocycles. The van der Waals surface area contributed by atoms with Gasteiger partial charge < -0.3 is 5.32 Å². The van der Waals surface area contributed by atoms with Gasteiger partial charge in [0.2, 0.25) is 5.91 Å². The number of nitriles is 1. The lowest BCUT2D eigenvalue weighted by Gasteiger charge is -2.15. The normalized spacial score (nSPS) is 13.1. The molecule has 0 aromatic carbocycles. The summed E-state index contributed by atoms with van der Waals surface area (Å²) >= 11 is 8.99. The van der Waals surface area contributed by atoms with Crippen molar-refractivity contribution in [2.75, 3.05) is 18.9 Å². The average Bonchev–Trinajstić information content (AvgIpc) is 3.15. The fourth-order valence-electron chi connectivity index (χ4n) is 2.78. The number of thiophene rings is 2. The van der Waals surface area contributed by atoms with Gasteiger partial charge >= 0.3 is 0 Å². The molecule has 0 radical (unpaired) electrons. The number of nitrogens with one attached hydrogen (secondary N) is 1. The number of likely N-dealkylation sites (N-methyl/N-ethyl adjacent to an activating group) is 1. The first kappa shape index (κ1) is 16.5. The van der Waals surface area contributed by atoms with Crippen molar-refractivity contribution >= 4 is 45.2 Å². The highest BCUT2D eigenvalue weighted by atomic mass is 35.5. The van der Waals surface area contributed by atoms with E-state index in [2.05, 4.69) is 11.4 Å². The number of rotatable bonds is 5. The summed E-state index contributed by atoms with van der Waals surface area (Å²) in [6.07, 6.45) is 3.07. The van der Waals surface area contributed by atoms with Crippen molar-refractivity contribution < 1.29 is 4.79 Å². The van der Waals surface area contributed by atoms with Crippen molar-refractivity contribution in [3.8, 4) is 6.07 Å². The molecule has 2 heterocycles. The molecule has 0 spiro atoms. The molecule has 0 bridgehead atoms. The van der Waals surface area contributed by atoms with Gasteiger partial charge in [-0.1, -0.05) is 11.6 Å². The summed E-state index contributed by atoms with van der Waals surface area (Å²) in [7, 11) is 1.90. The average molecular weight is 366 g/mol. The Kier molecular flexibility index (Phi) is 5.02. The van der Waals surface area contributed by atoms with Gasteiger partial charge in [0, 0.05) is 16.3 Å². The van der Waals surface area contributed by atoms with E-state index in [1.807, 2.05) is 24.1 Å². The molecule has 0 fully saturated rings. The van der Waals surface area contributed by atoms with Crippen LogP contribution in [-0.2, 0) is 24.2 Å². The molecular weight excluding hydrogens is 350 g/mol. The molecule has 7 heteroatoms. The van der Waals surface area contributed by atoms with E-state index < -0.39 is 0 Å². The number of carbonyl (C=O) groups is 1. The number of amides is 1. The summed E-state index contributed by atoms with van der Waals surface area (Å²) in [6.45, 7) is 0.958. The van der Waals surface area contributed by atoms with E-state index in [1.165, 1.54) is 16.2 Å². The van der Waals surface area contributed by atoms with E-state index >= 15 is 0 Å². The minimum absolute atomic E-state index is 0.0911. The lowest BCUT2D eigenvalue weighted by molar-refractivity contribution is -0.117. The smallest absolute Gasteiger partial charge is 0.239 e. The van der Waals surface area contributed by atoms with E-state index in [0.717, 1.165) is 34.0 Å². The van der Waals surface area contributed by atoms with Crippen LogP contribution >= 0.6 is 34.3 Å². The Morgan fingerprint density at radius 2 is 2.26 bits per heavy atom. The van der Waals surface area contributed by atoms with E-state index in [0.29, 0.717) is 17.1 Å². The van der Waals surface area contributed by atoms with Gasteiger partial charge in [0.15, 0.2) is 0 Å². The molecule has 4 nitrogen and oxygen atoms in total. The minimum Gasteiger partial charge on any atom is -0.315 e. The molecule has 0 saturated carbocycles. The summed E-state index contributed by atoms with van der Waals surface area (Å²) in [5.41, 5.74) is 1.79. The molecule has 1 amide bonds. The topological polar surface area (TPSA) is 56.1 Å². The number of fused-ring (bicyclic) bond motifs is 1. The fourth-order valence-corrected chi connectivity index (χ4v) is 5.20. The third-order valence-electron chi connectivity index (χ3n) is 3.75. The first-order chi connectivity index (χ1) is 11.1. The van der Waals surface area contributed by atoms with Gasteiger partial charge in [-0.15, -0.1) is 22.7 Å². The number of carbonyl (C=O) groups excluding carboxylic acids is 1. The van der Waals surface area contributed by atoms with Crippen molar-refractivity contribution in [2.24, 2.45) is 0 Å². The predicted octanol–water partition coefficient (Wildman–Crippen LogP) is 3.89. The third-order valence-corrected chi connectivity index (χ3v) is 6.18. The fraction of sp³-hybridized carbons (Fsp3) is 0.375. The van der Waals surface area contributed by atoms with Crippen LogP contribution < -0.4 is 5.32 Å². The van der Waals surface area contributed by atoms with E-state index in [9.17, 15) is 10.1 Å². The second-order valence-electron chi connectivity index (χ2n) is 5.60. The molecule has 1 aliphatic carbocycles. The van der Waals surface area contributed by atoms with Crippen LogP contribution in [0.15, 0.2) is 12.1 Å². The summed E-state index contributed by atoms with van der Waals surface area (Å²) in [6, 6.07) is 6.08. The number of aryl methyl sites for hydroxylation is 1. The Labute approximate surface area is 148 Å². The van der Waals surface area contributed by atoms with Crippen LogP contribution in [0.1, 0.15) is 27.3 Å². The van der Waals surface area contributed by atoms with Crippen LogP contribution in [0, 0.1) is 11.3 Å². The number of hydrogen-bond donors (Lipinski definition) is 1. The molecule has 3 rings (SSSR count). The molecule has 23 heavy (non-hydrogen) atoms. The predicted molar refractivity (Wildman–Crippen MR) is 95.4 cm³/mol. The Balaban J connectivity index is 1.60. The van der Waals surface area contributed by atoms with Crippen LogP contribution in [0.4, 0.5) is 5.00 Å².